The molecule has 0 saturated carbocycles. The second-order valence-electron chi connectivity index (χ2n) is 15.0. The number of aryl methyl sites for hydroxylation is 4. The van der Waals surface area contributed by atoms with Crippen molar-refractivity contribution in [2.24, 2.45) is 33.0 Å². The monoisotopic (exact) mass is 798 g/mol. The largest absolute Gasteiger partial charge is 0.373 e. The zero-order chi connectivity index (χ0) is 41.4. The predicted octanol–water partition coefficient (Wildman–Crippen LogP) is 1.31. The van der Waals surface area contributed by atoms with Crippen molar-refractivity contribution in [3.05, 3.63) is 116 Å². The van der Waals surface area contributed by atoms with Crippen LogP contribution in [0, 0.1) is 39.5 Å². The highest BCUT2D eigenvalue weighted by atomic mass is 35.5. The summed E-state index contributed by atoms with van der Waals surface area (Å²) in [5.41, 5.74) is -0.0576. The average Bonchev–Trinajstić information content (AvgIpc) is 3.37. The van der Waals surface area contributed by atoms with Crippen LogP contribution in [0.2, 0.25) is 0 Å². The summed E-state index contributed by atoms with van der Waals surface area (Å²) in [5.74, 6) is 1.95. The molecule has 2 aliphatic rings. The van der Waals surface area contributed by atoms with E-state index in [-0.39, 0.29) is 23.2 Å². The van der Waals surface area contributed by atoms with E-state index in [1.165, 1.54) is 42.2 Å². The fourth-order valence-electron chi connectivity index (χ4n) is 6.96. The van der Waals surface area contributed by atoms with E-state index in [9.17, 15) is 28.8 Å². The number of rotatable bonds is 10. The average molecular weight is 799 g/mol. The Labute approximate surface area is 329 Å². The molecule has 306 valence electrons. The third kappa shape index (κ3) is 11.0. The predicted molar refractivity (Wildman–Crippen MR) is 213 cm³/mol. The van der Waals surface area contributed by atoms with Crippen molar-refractivity contribution in [1.82, 2.24) is 47.7 Å². The molecule has 4 unspecified atom stereocenters. The Morgan fingerprint density at radius 1 is 0.732 bits per heavy atom. The third-order valence-electron chi connectivity index (χ3n) is 10.6. The van der Waals surface area contributed by atoms with E-state index in [2.05, 4.69) is 58.0 Å². The number of H-pyrrole nitrogens is 1. The number of ether oxygens (including phenoxy) is 1. The lowest BCUT2D eigenvalue weighted by Crippen LogP contribution is -2.49. The minimum atomic E-state index is -0.597. The van der Waals surface area contributed by atoms with Crippen LogP contribution in [0.3, 0.4) is 0 Å². The van der Waals surface area contributed by atoms with Crippen LogP contribution in [-0.4, -0.2) is 78.3 Å². The maximum atomic E-state index is 12.5. The van der Waals surface area contributed by atoms with Crippen LogP contribution in [0.5, 0.6) is 0 Å². The van der Waals surface area contributed by atoms with Crippen LogP contribution in [0.25, 0.3) is 0 Å². The van der Waals surface area contributed by atoms with Crippen LogP contribution in [0.15, 0.2) is 53.0 Å². The number of alkyl halides is 1. The zero-order valence-corrected chi connectivity index (χ0v) is 34.6. The Bertz CT molecular complexity index is 2330. The summed E-state index contributed by atoms with van der Waals surface area (Å²) in [6.07, 6.45) is 4.83. The Hall–Kier alpha value is -4.74. The number of piperidine rings is 1. The SMILES string of the molecule is Cc1ccccc1COC1CC2CCC(C1)N2CC(C)Cn1c(=O)nc(C)n(C)c1=O.Cc1nc(=O)[nH]c(=O)n1C.Cc1nc(=O)n(CC(C)CCl)c(=O)n1C. The van der Waals surface area contributed by atoms with Crippen LogP contribution in [0.1, 0.15) is 68.1 Å². The van der Waals surface area contributed by atoms with Gasteiger partial charge in [0.05, 0.1) is 12.7 Å². The summed E-state index contributed by atoms with van der Waals surface area (Å²) >= 11 is 5.63. The first kappa shape index (κ1) is 44.0. The molecule has 17 nitrogen and oxygen atoms in total. The topological polar surface area (TPSA) is 194 Å². The molecule has 56 heavy (non-hydrogen) atoms. The zero-order valence-electron chi connectivity index (χ0n) is 33.8. The molecule has 3 aromatic heterocycles. The molecule has 0 amide bonds. The Morgan fingerprint density at radius 3 is 1.73 bits per heavy atom. The molecule has 4 atom stereocenters. The van der Waals surface area contributed by atoms with E-state index >= 15 is 0 Å². The number of hydrogen-bond acceptors (Lipinski definition) is 11. The van der Waals surface area contributed by atoms with E-state index in [1.807, 2.05) is 11.9 Å². The van der Waals surface area contributed by atoms with Crippen LogP contribution >= 0.6 is 11.6 Å². The van der Waals surface area contributed by atoms with Crippen molar-refractivity contribution in [3.8, 4) is 0 Å². The minimum Gasteiger partial charge on any atom is -0.373 e. The van der Waals surface area contributed by atoms with Crippen molar-refractivity contribution in [2.45, 2.75) is 105 Å². The maximum Gasteiger partial charge on any atom is 0.353 e. The van der Waals surface area contributed by atoms with Crippen molar-refractivity contribution < 1.29 is 4.74 Å². The standard InChI is InChI=1S/C24H34N4O3.C9H14ClN3O2.C5H7N3O2/c1-16(14-28-23(29)25-18(3)26(4)24(28)30)13-27-20-9-10-21(27)12-22(11-20)31-15-19-8-6-5-7-17(19)2;1-6(4-10)5-13-8(14)11-7(2)12(3)9(13)15;1-3-6-4(9)7-5(10)8(3)2/h5-8,16,20-22H,9-15H2,1-4H3;6H,4-5H2,1-3H3;1-2H3,(H,7,9,10). The molecule has 2 aliphatic heterocycles. The van der Waals surface area contributed by atoms with Gasteiger partial charge in [0.1, 0.15) is 17.5 Å². The molecule has 1 N–H and O–H groups in total. The number of aromatic amines is 1. The van der Waals surface area contributed by atoms with Crippen LogP contribution < -0.4 is 34.1 Å². The molecule has 0 spiro atoms. The maximum absolute atomic E-state index is 12.5. The normalized spacial score (nSPS) is 18.7. The summed E-state index contributed by atoms with van der Waals surface area (Å²) in [7, 11) is 4.79. The number of fused-ring (bicyclic) bond motifs is 2. The highest BCUT2D eigenvalue weighted by Crippen LogP contribution is 2.37. The molecule has 2 saturated heterocycles. The number of aromatic nitrogens is 9. The van der Waals surface area contributed by atoms with Gasteiger partial charge in [-0.1, -0.05) is 38.1 Å². The van der Waals surface area contributed by atoms with E-state index in [1.54, 1.807) is 41.9 Å². The first-order chi connectivity index (χ1) is 26.4. The first-order valence-corrected chi connectivity index (χ1v) is 19.4. The van der Waals surface area contributed by atoms with Gasteiger partial charge in [0.2, 0.25) is 0 Å². The highest BCUT2D eigenvalue weighted by molar-refractivity contribution is 6.18. The Kier molecular flexibility index (Phi) is 15.2. The summed E-state index contributed by atoms with van der Waals surface area (Å²) in [6, 6.07) is 9.47. The smallest absolute Gasteiger partial charge is 0.353 e. The lowest BCUT2D eigenvalue weighted by Gasteiger charge is -2.40. The van der Waals surface area contributed by atoms with Gasteiger partial charge in [0.15, 0.2) is 0 Å². The lowest BCUT2D eigenvalue weighted by molar-refractivity contribution is -0.0320. The highest BCUT2D eigenvalue weighted by Gasteiger charge is 2.41. The van der Waals surface area contributed by atoms with Crippen LogP contribution in [-0.2, 0) is 45.6 Å². The molecule has 0 aliphatic carbocycles. The Morgan fingerprint density at radius 2 is 1.23 bits per heavy atom. The van der Waals surface area contributed by atoms with Gasteiger partial charge in [0, 0.05) is 58.7 Å². The summed E-state index contributed by atoms with van der Waals surface area (Å²) in [5, 5.41) is 0. The molecule has 1 aromatic carbocycles. The van der Waals surface area contributed by atoms with Crippen molar-refractivity contribution >= 4 is 11.6 Å². The van der Waals surface area contributed by atoms with Crippen molar-refractivity contribution in [1.29, 1.82) is 0 Å². The summed E-state index contributed by atoms with van der Waals surface area (Å²) < 4.78 is 12.8. The summed E-state index contributed by atoms with van der Waals surface area (Å²) in [4.78, 5) is 84.9. The van der Waals surface area contributed by atoms with Gasteiger partial charge >= 0.3 is 34.1 Å². The molecule has 2 bridgehead atoms. The third-order valence-corrected chi connectivity index (χ3v) is 11.1. The van der Waals surface area contributed by atoms with E-state index in [0.717, 1.165) is 24.0 Å². The van der Waals surface area contributed by atoms with Gasteiger partial charge in [-0.25, -0.2) is 37.9 Å². The van der Waals surface area contributed by atoms with E-state index < -0.39 is 22.8 Å². The molecule has 2 fully saturated rings. The van der Waals surface area contributed by atoms with Gasteiger partial charge in [0.25, 0.3) is 0 Å². The van der Waals surface area contributed by atoms with Gasteiger partial charge in [-0.2, -0.15) is 15.0 Å². The van der Waals surface area contributed by atoms with Crippen molar-refractivity contribution in [2.75, 3.05) is 12.4 Å². The Balaban J connectivity index is 0.000000229. The first-order valence-electron chi connectivity index (χ1n) is 18.8. The van der Waals surface area contributed by atoms with E-state index in [0.29, 0.717) is 61.2 Å². The van der Waals surface area contributed by atoms with Gasteiger partial charge in [-0.3, -0.25) is 23.6 Å². The lowest BCUT2D eigenvalue weighted by atomic mass is 9.97. The number of benzene rings is 1. The fourth-order valence-corrected chi connectivity index (χ4v) is 7.06. The molecule has 18 heteroatoms. The summed E-state index contributed by atoms with van der Waals surface area (Å²) in [6.45, 7) is 13.3. The van der Waals surface area contributed by atoms with Crippen molar-refractivity contribution in [3.63, 3.8) is 0 Å². The molecule has 5 heterocycles. The van der Waals surface area contributed by atoms with Gasteiger partial charge in [-0.05, 0) is 76.3 Å². The molecule has 0 radical (unpaired) electrons. The molecule has 6 rings (SSSR count). The van der Waals surface area contributed by atoms with Crippen LogP contribution in [0.4, 0.5) is 0 Å². The second kappa shape index (κ2) is 19.4. The minimum absolute atomic E-state index is 0.0709. The van der Waals surface area contributed by atoms with Gasteiger partial charge in [-0.15, -0.1) is 11.6 Å². The molecular weight excluding hydrogens is 744 g/mol. The molecular formula is C38H55ClN10O7. The molecule has 4 aromatic rings. The fraction of sp³-hybridized carbons (Fsp3) is 0.605. The number of nitrogens with one attached hydrogen (secondary N) is 1. The second-order valence-corrected chi connectivity index (χ2v) is 15.3. The number of hydrogen-bond donors (Lipinski definition) is 1. The van der Waals surface area contributed by atoms with E-state index in [4.69, 9.17) is 16.3 Å². The van der Waals surface area contributed by atoms with Gasteiger partial charge < -0.3 is 4.74 Å². The quantitative estimate of drug-likeness (QED) is 0.228. The number of halogens is 1. The number of nitrogens with zero attached hydrogens (tertiary/aromatic N) is 9.